The molecule has 0 radical (unpaired) electrons. The molecule has 33 heavy (non-hydrogen) atoms. The van der Waals surface area contributed by atoms with Crippen LogP contribution in [0.2, 0.25) is 0 Å². The van der Waals surface area contributed by atoms with E-state index in [1.165, 1.54) is 0 Å². The Bertz CT molecular complexity index is 921. The lowest BCUT2D eigenvalue weighted by Gasteiger charge is -2.35. The average Bonchev–Trinajstić information content (AvgIpc) is 2.83. The predicted molar refractivity (Wildman–Crippen MR) is 128 cm³/mol. The third kappa shape index (κ3) is 6.96. The van der Waals surface area contributed by atoms with Gasteiger partial charge in [0.2, 0.25) is 11.8 Å². The molecule has 2 aromatic carbocycles. The Morgan fingerprint density at radius 3 is 2.21 bits per heavy atom. The van der Waals surface area contributed by atoms with Crippen LogP contribution in [0.25, 0.3) is 0 Å². The Morgan fingerprint density at radius 1 is 0.939 bits per heavy atom. The molecule has 7 heteroatoms. The largest absolute Gasteiger partial charge is 0.497 e. The van der Waals surface area contributed by atoms with Gasteiger partial charge in [-0.25, -0.2) is 0 Å². The first-order valence-corrected chi connectivity index (χ1v) is 11.5. The summed E-state index contributed by atoms with van der Waals surface area (Å²) >= 11 is 0. The molecule has 0 saturated carbocycles. The van der Waals surface area contributed by atoms with E-state index in [0.29, 0.717) is 39.1 Å². The van der Waals surface area contributed by atoms with E-state index in [-0.39, 0.29) is 23.8 Å². The van der Waals surface area contributed by atoms with Gasteiger partial charge in [0.1, 0.15) is 11.5 Å². The molecule has 1 saturated heterocycles. The number of piperazine rings is 1. The van der Waals surface area contributed by atoms with E-state index < -0.39 is 0 Å². The van der Waals surface area contributed by atoms with E-state index in [9.17, 15) is 9.59 Å². The SMILES string of the molecule is COc1ccc(C(NC(=O)CN2CCN(C(=O)Cc3cccc(OC)c3)CC2)C(C)C)cc1. The van der Waals surface area contributed by atoms with Crippen molar-refractivity contribution in [2.75, 3.05) is 46.9 Å². The molecule has 0 spiro atoms. The van der Waals surface area contributed by atoms with Gasteiger partial charge in [-0.3, -0.25) is 14.5 Å². The zero-order valence-electron chi connectivity index (χ0n) is 20.0. The van der Waals surface area contributed by atoms with Crippen LogP contribution in [0.3, 0.4) is 0 Å². The topological polar surface area (TPSA) is 71.1 Å². The first kappa shape index (κ1) is 24.6. The lowest BCUT2D eigenvalue weighted by Crippen LogP contribution is -2.51. The van der Waals surface area contributed by atoms with Gasteiger partial charge < -0.3 is 19.7 Å². The summed E-state index contributed by atoms with van der Waals surface area (Å²) in [4.78, 5) is 29.5. The lowest BCUT2D eigenvalue weighted by atomic mass is 9.96. The number of ether oxygens (including phenoxy) is 2. The molecule has 178 valence electrons. The summed E-state index contributed by atoms with van der Waals surface area (Å²) in [5.41, 5.74) is 2.01. The zero-order chi connectivity index (χ0) is 23.8. The Morgan fingerprint density at radius 2 is 1.61 bits per heavy atom. The third-order valence-corrected chi connectivity index (χ3v) is 6.04. The molecule has 1 aliphatic rings. The summed E-state index contributed by atoms with van der Waals surface area (Å²) in [7, 11) is 3.26. The number of rotatable bonds is 9. The first-order valence-electron chi connectivity index (χ1n) is 11.5. The maximum atomic E-state index is 12.8. The van der Waals surface area contributed by atoms with E-state index in [4.69, 9.17) is 9.47 Å². The van der Waals surface area contributed by atoms with Crippen LogP contribution >= 0.6 is 0 Å². The van der Waals surface area contributed by atoms with Crippen LogP contribution < -0.4 is 14.8 Å². The molecule has 3 rings (SSSR count). The second-order valence-corrected chi connectivity index (χ2v) is 8.75. The second-order valence-electron chi connectivity index (χ2n) is 8.75. The van der Waals surface area contributed by atoms with Crippen molar-refractivity contribution < 1.29 is 19.1 Å². The maximum Gasteiger partial charge on any atom is 0.234 e. The van der Waals surface area contributed by atoms with Gasteiger partial charge in [0.05, 0.1) is 33.2 Å². The molecule has 1 fully saturated rings. The number of nitrogens with zero attached hydrogens (tertiary/aromatic N) is 2. The highest BCUT2D eigenvalue weighted by atomic mass is 16.5. The number of benzene rings is 2. The van der Waals surface area contributed by atoms with E-state index in [1.54, 1.807) is 14.2 Å². The van der Waals surface area contributed by atoms with Crippen molar-refractivity contribution in [2.45, 2.75) is 26.3 Å². The van der Waals surface area contributed by atoms with E-state index in [1.807, 2.05) is 53.4 Å². The van der Waals surface area contributed by atoms with Crippen LogP contribution in [0.1, 0.15) is 31.0 Å². The molecule has 2 amide bonds. The smallest absolute Gasteiger partial charge is 0.234 e. The summed E-state index contributed by atoms with van der Waals surface area (Å²) in [6, 6.07) is 15.4. The van der Waals surface area contributed by atoms with Gasteiger partial charge in [0, 0.05) is 26.2 Å². The van der Waals surface area contributed by atoms with E-state index in [2.05, 4.69) is 24.1 Å². The predicted octanol–water partition coefficient (Wildman–Crippen LogP) is 2.90. The summed E-state index contributed by atoms with van der Waals surface area (Å²) in [5, 5.41) is 3.18. The van der Waals surface area contributed by atoms with Crippen LogP contribution in [0, 0.1) is 5.92 Å². The fraction of sp³-hybridized carbons (Fsp3) is 0.462. The molecule has 1 N–H and O–H groups in total. The molecular weight excluding hydrogens is 418 g/mol. The minimum atomic E-state index is -0.0610. The highest BCUT2D eigenvalue weighted by molar-refractivity contribution is 5.80. The number of carbonyl (C=O) groups is 2. The number of amides is 2. The monoisotopic (exact) mass is 453 g/mol. The van der Waals surface area contributed by atoms with Gasteiger partial charge in [0.25, 0.3) is 0 Å². The van der Waals surface area contributed by atoms with Crippen LogP contribution in [-0.2, 0) is 16.0 Å². The second kappa shape index (κ2) is 11.7. The van der Waals surface area contributed by atoms with E-state index >= 15 is 0 Å². The number of hydrogen-bond donors (Lipinski definition) is 1. The highest BCUT2D eigenvalue weighted by Gasteiger charge is 2.24. The van der Waals surface area contributed by atoms with Crippen molar-refractivity contribution in [2.24, 2.45) is 5.92 Å². The number of nitrogens with one attached hydrogen (secondary N) is 1. The zero-order valence-corrected chi connectivity index (χ0v) is 20.0. The molecule has 1 atom stereocenters. The van der Waals surface area contributed by atoms with E-state index in [0.717, 1.165) is 22.6 Å². The minimum absolute atomic E-state index is 0.000625. The van der Waals surface area contributed by atoms with Crippen molar-refractivity contribution in [3.8, 4) is 11.5 Å². The summed E-state index contributed by atoms with van der Waals surface area (Å²) in [5.74, 6) is 1.91. The molecule has 1 aliphatic heterocycles. The Hall–Kier alpha value is -3.06. The Kier molecular flexibility index (Phi) is 8.72. The van der Waals surface area contributed by atoms with Gasteiger partial charge in [0.15, 0.2) is 0 Å². The highest BCUT2D eigenvalue weighted by Crippen LogP contribution is 2.24. The van der Waals surface area contributed by atoms with Crippen LogP contribution in [0.4, 0.5) is 0 Å². The Labute approximate surface area is 196 Å². The van der Waals surface area contributed by atoms with Crippen molar-refractivity contribution in [3.05, 3.63) is 59.7 Å². The van der Waals surface area contributed by atoms with Gasteiger partial charge in [-0.05, 0) is 41.3 Å². The number of carbonyl (C=O) groups excluding carboxylic acids is 2. The average molecular weight is 454 g/mol. The van der Waals surface area contributed by atoms with Crippen molar-refractivity contribution in [1.82, 2.24) is 15.1 Å². The molecular formula is C26H35N3O4. The van der Waals surface area contributed by atoms with Crippen molar-refractivity contribution in [1.29, 1.82) is 0 Å². The Balaban J connectivity index is 1.48. The quantitative estimate of drug-likeness (QED) is 0.632. The van der Waals surface area contributed by atoms with Gasteiger partial charge >= 0.3 is 0 Å². The minimum Gasteiger partial charge on any atom is -0.497 e. The third-order valence-electron chi connectivity index (χ3n) is 6.04. The standard InChI is InChI=1S/C26H35N3O4/c1-19(2)26(21-8-10-22(32-3)11-9-21)27-24(30)18-28-12-14-29(15-13-28)25(31)17-20-6-5-7-23(16-20)33-4/h5-11,16,19,26H,12-15,17-18H2,1-4H3,(H,27,30). The molecule has 1 heterocycles. The van der Waals surface area contributed by atoms with Crippen molar-refractivity contribution >= 4 is 11.8 Å². The lowest BCUT2D eigenvalue weighted by molar-refractivity contribution is -0.132. The fourth-order valence-corrected chi connectivity index (χ4v) is 4.09. The number of methoxy groups -OCH3 is 2. The molecule has 0 aromatic heterocycles. The van der Waals surface area contributed by atoms with Gasteiger partial charge in [-0.1, -0.05) is 38.1 Å². The first-order chi connectivity index (χ1) is 15.9. The summed E-state index contributed by atoms with van der Waals surface area (Å²) in [6.07, 6.45) is 0.357. The molecule has 0 aliphatic carbocycles. The molecule has 2 aromatic rings. The van der Waals surface area contributed by atoms with Crippen LogP contribution in [0.5, 0.6) is 11.5 Å². The molecule has 0 bridgehead atoms. The molecule has 7 nitrogen and oxygen atoms in total. The summed E-state index contributed by atoms with van der Waals surface area (Å²) in [6.45, 7) is 7.16. The molecule has 1 unspecified atom stereocenters. The van der Waals surface area contributed by atoms with Crippen LogP contribution in [-0.4, -0.2) is 68.6 Å². The van der Waals surface area contributed by atoms with Crippen molar-refractivity contribution in [3.63, 3.8) is 0 Å². The van der Waals surface area contributed by atoms with Crippen LogP contribution in [0.15, 0.2) is 48.5 Å². The fourth-order valence-electron chi connectivity index (χ4n) is 4.09. The van der Waals surface area contributed by atoms with Gasteiger partial charge in [-0.2, -0.15) is 0 Å². The summed E-state index contributed by atoms with van der Waals surface area (Å²) < 4.78 is 10.5. The maximum absolute atomic E-state index is 12.8. The van der Waals surface area contributed by atoms with Gasteiger partial charge in [-0.15, -0.1) is 0 Å². The number of hydrogen-bond acceptors (Lipinski definition) is 5. The normalized spacial score (nSPS) is 15.2.